The largest absolute Gasteiger partial charge is 0.344 e. The third-order valence-corrected chi connectivity index (χ3v) is 5.59. The number of pyridine rings is 2. The van der Waals surface area contributed by atoms with Crippen LogP contribution in [0.2, 0.25) is 0 Å². The number of rotatable bonds is 5. The zero-order valence-electron chi connectivity index (χ0n) is 17.7. The normalized spacial score (nSPS) is 15.4. The molecule has 160 valence electrons. The van der Waals surface area contributed by atoms with Gasteiger partial charge in [-0.15, -0.1) is 0 Å². The molecular formula is C24H22N6O2. The van der Waals surface area contributed by atoms with Gasteiger partial charge in [-0.1, -0.05) is 19.1 Å². The van der Waals surface area contributed by atoms with Gasteiger partial charge in [0, 0.05) is 32.0 Å². The van der Waals surface area contributed by atoms with Crippen LogP contribution in [-0.4, -0.2) is 39.8 Å². The molecule has 1 amide bonds. The lowest BCUT2D eigenvalue weighted by molar-refractivity contribution is 0.0968. The average molecular weight is 426 g/mol. The highest BCUT2D eigenvalue weighted by Crippen LogP contribution is 2.29. The predicted octanol–water partition coefficient (Wildman–Crippen LogP) is 2.91. The first-order chi connectivity index (χ1) is 15.6. The van der Waals surface area contributed by atoms with Gasteiger partial charge in [-0.05, 0) is 53.3 Å². The summed E-state index contributed by atoms with van der Waals surface area (Å²) in [5, 5.41) is 13.8. The molecule has 0 saturated carbocycles. The second-order valence-corrected chi connectivity index (χ2v) is 7.61. The van der Waals surface area contributed by atoms with Crippen molar-refractivity contribution in [2.75, 3.05) is 18.4 Å². The fraction of sp³-hybridized carbons (Fsp3) is 0.250. The summed E-state index contributed by atoms with van der Waals surface area (Å²) < 4.78 is 0. The summed E-state index contributed by atoms with van der Waals surface area (Å²) in [7, 11) is 0. The van der Waals surface area contributed by atoms with E-state index in [9.17, 15) is 9.59 Å². The van der Waals surface area contributed by atoms with E-state index in [4.69, 9.17) is 5.26 Å². The highest BCUT2D eigenvalue weighted by Gasteiger charge is 2.18. The molecule has 0 spiro atoms. The van der Waals surface area contributed by atoms with Gasteiger partial charge >= 0.3 is 0 Å². The van der Waals surface area contributed by atoms with Crippen molar-refractivity contribution in [3.8, 4) is 6.19 Å². The van der Waals surface area contributed by atoms with Crippen LogP contribution in [-0.2, 0) is 11.3 Å². The lowest BCUT2D eigenvalue weighted by Gasteiger charge is -2.27. The van der Waals surface area contributed by atoms with E-state index < -0.39 is 5.91 Å². The Labute approximate surface area is 186 Å². The molecule has 0 radical (unpaired) electrons. The summed E-state index contributed by atoms with van der Waals surface area (Å²) in [6, 6.07) is 5.52. The van der Waals surface area contributed by atoms with Gasteiger partial charge in [0.1, 0.15) is 11.4 Å². The summed E-state index contributed by atoms with van der Waals surface area (Å²) in [5.74, 6) is 1.48. The van der Waals surface area contributed by atoms with Crippen molar-refractivity contribution in [2.24, 2.45) is 0 Å². The molecule has 0 bridgehead atoms. The lowest BCUT2D eigenvalue weighted by Crippen LogP contribution is -2.28. The summed E-state index contributed by atoms with van der Waals surface area (Å²) in [6.45, 7) is 4.42. The number of fused-ring (bicyclic) bond motifs is 1. The van der Waals surface area contributed by atoms with Gasteiger partial charge in [0.15, 0.2) is 12.1 Å². The van der Waals surface area contributed by atoms with Gasteiger partial charge in [0.25, 0.3) is 5.91 Å². The van der Waals surface area contributed by atoms with Crippen LogP contribution in [0.3, 0.4) is 0 Å². The molecular weight excluding hydrogens is 404 g/mol. The number of hydrogen-bond acceptors (Lipinski definition) is 7. The highest BCUT2D eigenvalue weighted by molar-refractivity contribution is 5.93. The number of carbonyl (C=O) groups is 1. The molecule has 0 atom stereocenters. The van der Waals surface area contributed by atoms with Gasteiger partial charge < -0.3 is 5.32 Å². The summed E-state index contributed by atoms with van der Waals surface area (Å²) in [4.78, 5) is 33.9. The zero-order valence-corrected chi connectivity index (χ0v) is 17.7. The molecule has 0 fully saturated rings. The fourth-order valence-electron chi connectivity index (χ4n) is 3.85. The van der Waals surface area contributed by atoms with E-state index in [0.717, 1.165) is 60.6 Å². The summed E-state index contributed by atoms with van der Waals surface area (Å²) >= 11 is 0. The monoisotopic (exact) mass is 426 g/mol. The Hall–Kier alpha value is -4.05. The molecule has 0 aliphatic carbocycles. The minimum atomic E-state index is -0.506. The SMILES string of the molecule is CCC1=Cc2ncc(CN3CC=C(c4ccc(C(=O)NC#N)nc4)CC3)cc2NC1=C=O. The molecule has 0 saturated heterocycles. The maximum Gasteiger partial charge on any atom is 0.282 e. The Morgan fingerprint density at radius 1 is 1.31 bits per heavy atom. The van der Waals surface area contributed by atoms with Crippen molar-refractivity contribution in [1.29, 1.82) is 5.26 Å². The van der Waals surface area contributed by atoms with Crippen LogP contribution in [0.5, 0.6) is 0 Å². The van der Waals surface area contributed by atoms with Crippen molar-refractivity contribution in [2.45, 2.75) is 26.3 Å². The van der Waals surface area contributed by atoms with Gasteiger partial charge in [-0.25, -0.2) is 4.79 Å². The van der Waals surface area contributed by atoms with Crippen molar-refractivity contribution in [3.63, 3.8) is 0 Å². The Morgan fingerprint density at radius 3 is 2.84 bits per heavy atom. The number of nitrogens with zero attached hydrogens (tertiary/aromatic N) is 4. The van der Waals surface area contributed by atoms with E-state index >= 15 is 0 Å². The number of carbonyl (C=O) groups excluding carboxylic acids is 2. The number of allylic oxidation sites excluding steroid dienone is 1. The molecule has 2 aromatic heterocycles. The molecule has 8 nitrogen and oxygen atoms in total. The summed E-state index contributed by atoms with van der Waals surface area (Å²) in [6.07, 6.45) is 10.9. The molecule has 4 rings (SSSR count). The van der Waals surface area contributed by atoms with Crippen LogP contribution in [0.15, 0.2) is 47.9 Å². The van der Waals surface area contributed by atoms with Crippen LogP contribution in [0.1, 0.15) is 47.1 Å². The molecule has 8 heteroatoms. The van der Waals surface area contributed by atoms with E-state index in [1.165, 1.54) is 5.57 Å². The van der Waals surface area contributed by atoms with Crippen LogP contribution in [0.25, 0.3) is 11.6 Å². The molecule has 2 aliphatic rings. The minimum absolute atomic E-state index is 0.218. The average Bonchev–Trinajstić information content (AvgIpc) is 2.84. The molecule has 0 unspecified atom stereocenters. The maximum absolute atomic E-state index is 11.7. The topological polar surface area (TPSA) is 111 Å². The maximum atomic E-state index is 11.7. The zero-order chi connectivity index (χ0) is 22.5. The van der Waals surface area contributed by atoms with Crippen LogP contribution < -0.4 is 10.6 Å². The number of nitriles is 1. The second-order valence-electron chi connectivity index (χ2n) is 7.61. The second kappa shape index (κ2) is 9.40. The number of anilines is 1. The van der Waals surface area contributed by atoms with Gasteiger partial charge in [-0.3, -0.25) is 25.0 Å². The van der Waals surface area contributed by atoms with Crippen molar-refractivity contribution in [1.82, 2.24) is 20.2 Å². The van der Waals surface area contributed by atoms with Gasteiger partial charge in [0.2, 0.25) is 0 Å². The molecule has 2 N–H and O–H groups in total. The van der Waals surface area contributed by atoms with Gasteiger partial charge in [0.05, 0.1) is 11.4 Å². The van der Waals surface area contributed by atoms with Crippen LogP contribution >= 0.6 is 0 Å². The van der Waals surface area contributed by atoms with Crippen molar-refractivity contribution >= 4 is 29.2 Å². The number of hydrogen-bond donors (Lipinski definition) is 2. The quantitative estimate of drug-likeness (QED) is 0.430. The Kier molecular flexibility index (Phi) is 6.22. The minimum Gasteiger partial charge on any atom is -0.344 e. The van der Waals surface area contributed by atoms with Crippen LogP contribution in [0.4, 0.5) is 5.69 Å². The summed E-state index contributed by atoms with van der Waals surface area (Å²) in [5.41, 5.74) is 6.51. The Balaban J connectivity index is 1.41. The Morgan fingerprint density at radius 2 is 2.19 bits per heavy atom. The van der Waals surface area contributed by atoms with E-state index in [-0.39, 0.29) is 5.69 Å². The predicted molar refractivity (Wildman–Crippen MR) is 121 cm³/mol. The van der Waals surface area contributed by atoms with Gasteiger partial charge in [-0.2, -0.15) is 5.26 Å². The number of nitrogens with one attached hydrogen (secondary N) is 2. The molecule has 4 heterocycles. The standard InChI is InChI=1S/C24H22N6O2/c1-2-17-10-21-22(29-23(17)14-31)9-16(11-26-21)13-30-7-5-18(6-8-30)19-3-4-20(27-12-19)24(32)28-15-25/h3-5,9-12,29H,2,6-8,13H2,1H3,(H,28,32). The first-order valence-electron chi connectivity index (χ1n) is 10.4. The van der Waals surface area contributed by atoms with E-state index in [1.807, 2.05) is 37.3 Å². The van der Waals surface area contributed by atoms with E-state index in [2.05, 4.69) is 31.6 Å². The van der Waals surface area contributed by atoms with E-state index in [1.54, 1.807) is 18.5 Å². The molecule has 2 aromatic rings. The smallest absolute Gasteiger partial charge is 0.282 e. The first-order valence-corrected chi connectivity index (χ1v) is 10.4. The van der Waals surface area contributed by atoms with Crippen LogP contribution in [0, 0.1) is 11.5 Å². The Bertz CT molecular complexity index is 1200. The lowest BCUT2D eigenvalue weighted by atomic mass is 10.00. The van der Waals surface area contributed by atoms with Crippen molar-refractivity contribution < 1.29 is 9.59 Å². The van der Waals surface area contributed by atoms with Crippen molar-refractivity contribution in [3.05, 3.63) is 70.5 Å². The van der Waals surface area contributed by atoms with E-state index in [0.29, 0.717) is 5.70 Å². The molecule has 0 aromatic carbocycles. The third kappa shape index (κ3) is 4.49. The fourth-order valence-corrected chi connectivity index (χ4v) is 3.85. The highest BCUT2D eigenvalue weighted by atomic mass is 16.1. The number of aromatic nitrogens is 2. The first kappa shape index (κ1) is 21.2. The third-order valence-electron chi connectivity index (χ3n) is 5.59. The molecule has 2 aliphatic heterocycles. The molecule has 32 heavy (non-hydrogen) atoms. The number of amides is 1.